The van der Waals surface area contributed by atoms with Crippen molar-refractivity contribution in [3.63, 3.8) is 0 Å². The number of carboxylic acid groups (broad SMARTS) is 1. The molecule has 3 unspecified atom stereocenters. The smallest absolute Gasteiger partial charge is 0.309 e. The van der Waals surface area contributed by atoms with Gasteiger partial charge >= 0.3 is 5.97 Å². The number of nitrogens with zero attached hydrogens (tertiary/aromatic N) is 3. The molecule has 0 spiro atoms. The van der Waals surface area contributed by atoms with Crippen molar-refractivity contribution in [3.05, 3.63) is 45.1 Å². The van der Waals surface area contributed by atoms with Crippen molar-refractivity contribution in [2.75, 3.05) is 13.6 Å². The normalized spacial score (nSPS) is 35.6. The third kappa shape index (κ3) is 4.63. The van der Waals surface area contributed by atoms with Gasteiger partial charge in [0.25, 0.3) is 5.91 Å². The summed E-state index contributed by atoms with van der Waals surface area (Å²) in [5, 5.41) is 15.0. The average molecular weight is 620 g/mol. The van der Waals surface area contributed by atoms with Crippen LogP contribution in [-0.2, 0) is 9.59 Å². The maximum absolute atomic E-state index is 16.3. The molecule has 1 aromatic rings. The number of alkyl halides is 1. The number of carbonyl (C=O) groups is 3. The first-order valence-electron chi connectivity index (χ1n) is 15.0. The molecule has 1 aliphatic heterocycles. The van der Waals surface area contributed by atoms with E-state index in [4.69, 9.17) is 28.3 Å². The maximum atomic E-state index is 16.3. The molecule has 1 aromatic carbocycles. The van der Waals surface area contributed by atoms with Crippen molar-refractivity contribution in [1.82, 2.24) is 4.90 Å². The van der Waals surface area contributed by atoms with E-state index >= 15 is 4.39 Å². The molecule has 0 bridgehead atoms. The molecule has 4 saturated carbocycles. The number of ketones is 1. The minimum atomic E-state index is -1.65. The topological polar surface area (TPSA) is 87.0 Å². The molecule has 1 N–H and O–H groups in total. The summed E-state index contributed by atoms with van der Waals surface area (Å²) >= 11 is 12.7. The molecule has 42 heavy (non-hydrogen) atoms. The predicted octanol–water partition coefficient (Wildman–Crippen LogP) is 6.68. The van der Waals surface area contributed by atoms with E-state index in [1.807, 2.05) is 7.05 Å². The Morgan fingerprint density at radius 3 is 2.14 bits per heavy atom. The van der Waals surface area contributed by atoms with Crippen molar-refractivity contribution >= 4 is 47.1 Å². The molecule has 1 amide bonds. The first-order valence-corrected chi connectivity index (χ1v) is 15.8. The molecule has 4 fully saturated rings. The molecule has 10 heteroatoms. The lowest BCUT2D eigenvalue weighted by molar-refractivity contribution is -0.907. The number of rotatable bonds is 8. The van der Waals surface area contributed by atoms with Gasteiger partial charge in [0.05, 0.1) is 34.6 Å². The van der Waals surface area contributed by atoms with Crippen molar-refractivity contribution in [2.24, 2.45) is 27.8 Å². The molecule has 5 aliphatic rings. The quantitative estimate of drug-likeness (QED) is 0.260. The highest BCUT2D eigenvalue weighted by molar-refractivity contribution is 6.40. The number of allylic oxidation sites excluding steroid dienone is 1. The van der Waals surface area contributed by atoms with Crippen LogP contribution in [0.2, 0.25) is 10.0 Å². The van der Waals surface area contributed by atoms with Crippen LogP contribution in [-0.4, -0.2) is 69.8 Å². The number of benzene rings is 1. The molecule has 3 atom stereocenters. The third-order valence-electron chi connectivity index (χ3n) is 11.4. The summed E-state index contributed by atoms with van der Waals surface area (Å²) in [5.41, 5.74) is -1.48. The third-order valence-corrected chi connectivity index (χ3v) is 12.0. The fourth-order valence-corrected chi connectivity index (χ4v) is 8.78. The van der Waals surface area contributed by atoms with Gasteiger partial charge in [-0.25, -0.2) is 4.39 Å². The molecule has 7 nitrogen and oxygen atoms in total. The monoisotopic (exact) mass is 618 g/mol. The molecule has 226 valence electrons. The number of fused-ring (bicyclic) bond motifs is 1. The number of hydrogen-bond acceptors (Lipinski definition) is 4. The van der Waals surface area contributed by atoms with E-state index in [9.17, 15) is 19.5 Å². The summed E-state index contributed by atoms with van der Waals surface area (Å²) in [7, 11) is 1.84. The molecule has 6 rings (SSSR count). The number of quaternary nitrogens is 1. The van der Waals surface area contributed by atoms with Gasteiger partial charge in [0.2, 0.25) is 0 Å². The van der Waals surface area contributed by atoms with Crippen LogP contribution in [0.4, 0.5) is 4.39 Å². The van der Waals surface area contributed by atoms with Gasteiger partial charge in [-0.05, 0) is 74.8 Å². The van der Waals surface area contributed by atoms with E-state index in [1.54, 1.807) is 30.0 Å². The van der Waals surface area contributed by atoms with Gasteiger partial charge in [-0.2, -0.15) is 4.59 Å². The van der Waals surface area contributed by atoms with Crippen molar-refractivity contribution < 1.29 is 28.5 Å². The summed E-state index contributed by atoms with van der Waals surface area (Å²) in [4.78, 5) is 41.6. The van der Waals surface area contributed by atoms with Gasteiger partial charge in [-0.1, -0.05) is 48.2 Å². The molecule has 0 saturated heterocycles. The Morgan fingerprint density at radius 1 is 1.05 bits per heavy atom. The zero-order valence-corrected chi connectivity index (χ0v) is 26.1. The lowest BCUT2D eigenvalue weighted by Crippen LogP contribution is -2.52. The van der Waals surface area contributed by atoms with E-state index in [-0.39, 0.29) is 61.5 Å². The van der Waals surface area contributed by atoms with Gasteiger partial charge in [0, 0.05) is 18.9 Å². The summed E-state index contributed by atoms with van der Waals surface area (Å²) in [6.07, 6.45) is 5.75. The number of carbonyl (C=O) groups excluding carboxylic acids is 2. The first-order chi connectivity index (χ1) is 19.6. The molecule has 1 heterocycles. The Bertz CT molecular complexity index is 1390. The van der Waals surface area contributed by atoms with E-state index < -0.39 is 17.1 Å². The fourth-order valence-electron chi connectivity index (χ4n) is 8.17. The predicted molar refractivity (Wildman–Crippen MR) is 159 cm³/mol. The highest BCUT2D eigenvalue weighted by Gasteiger charge is 2.65. The van der Waals surface area contributed by atoms with Crippen LogP contribution in [0.1, 0.15) is 82.5 Å². The second-order valence-corrected chi connectivity index (χ2v) is 15.0. The number of carboxylic acids is 1. The number of Topliss-reactive ketones (excluding diaryl/α,β-unsaturated/α-hetero) is 1. The summed E-state index contributed by atoms with van der Waals surface area (Å²) in [6.45, 7) is 6.04. The Balaban J connectivity index is 1.34. The Morgan fingerprint density at radius 2 is 1.62 bits per heavy atom. The lowest BCUT2D eigenvalue weighted by atomic mass is 9.73. The van der Waals surface area contributed by atoms with Crippen LogP contribution >= 0.6 is 23.2 Å². The molecular weight excluding hydrogens is 580 g/mol. The van der Waals surface area contributed by atoms with Crippen molar-refractivity contribution in [1.29, 1.82) is 0 Å². The van der Waals surface area contributed by atoms with Crippen LogP contribution in [0.3, 0.4) is 0 Å². The summed E-state index contributed by atoms with van der Waals surface area (Å²) in [5.74, 6) is -0.599. The van der Waals surface area contributed by atoms with E-state index in [1.165, 1.54) is 6.21 Å². The second-order valence-electron chi connectivity index (χ2n) is 14.2. The lowest BCUT2D eigenvalue weighted by Gasteiger charge is -2.42. The standard InChI is InChI=1S/C32H38Cl2FN3O4/c1-30(2)21-14-18(15-22(21)30)37(17-25(39)26-23(33)6-5-7-24(26)34)28(40)20-16-36-38(4,27(20)32(35)12-13-32)19-8-10-31(3,11-9-19)29(41)42/h5-7,16,18-19,21-22H,8-15,17H2,1-4H3/p+1. The second kappa shape index (κ2) is 9.86. The van der Waals surface area contributed by atoms with Crippen LogP contribution in [0.15, 0.2) is 34.6 Å². The summed E-state index contributed by atoms with van der Waals surface area (Å²) in [6, 6.07) is 4.58. The van der Waals surface area contributed by atoms with Crippen LogP contribution in [0.5, 0.6) is 0 Å². The zero-order valence-electron chi connectivity index (χ0n) is 24.6. The molecule has 0 radical (unpaired) electrons. The molecular formula is C32H39Cl2FN3O4+. The SMILES string of the molecule is CC1(C(=O)O)CCC([N+]2(C)N=CC(C(=O)N(CC(=O)c3c(Cl)cccc3Cl)C3CC4C(C3)C4(C)C)=C2C2(F)CC2)CC1. The van der Waals surface area contributed by atoms with Crippen LogP contribution < -0.4 is 0 Å². The van der Waals surface area contributed by atoms with Gasteiger partial charge in [0.1, 0.15) is 17.8 Å². The van der Waals surface area contributed by atoms with Gasteiger partial charge in [-0.3, -0.25) is 14.4 Å². The maximum Gasteiger partial charge on any atom is 0.309 e. The molecule has 4 aliphatic carbocycles. The Kier molecular flexibility index (Phi) is 6.99. The number of amides is 1. The fraction of sp³-hybridized carbons (Fsp3) is 0.625. The Hall–Kier alpha value is -2.29. The van der Waals surface area contributed by atoms with E-state index in [0.29, 0.717) is 56.1 Å². The first kappa shape index (κ1) is 29.8. The minimum absolute atomic E-state index is 0.0751. The minimum Gasteiger partial charge on any atom is -0.481 e. The Labute approximate surface area is 256 Å². The average Bonchev–Trinajstić information content (AvgIpc) is 3.57. The summed E-state index contributed by atoms with van der Waals surface area (Å²) < 4.78 is 16.2. The van der Waals surface area contributed by atoms with Crippen LogP contribution in [0, 0.1) is 22.7 Å². The molecule has 0 aromatic heterocycles. The van der Waals surface area contributed by atoms with Gasteiger partial charge in [-0.15, -0.1) is 0 Å². The number of halogens is 3. The number of aliphatic carboxylic acids is 1. The number of hydrogen-bond donors (Lipinski definition) is 1. The van der Waals surface area contributed by atoms with E-state index in [2.05, 4.69) is 13.8 Å². The zero-order chi connectivity index (χ0) is 30.4. The van der Waals surface area contributed by atoms with Gasteiger partial charge < -0.3 is 10.0 Å². The van der Waals surface area contributed by atoms with Crippen LogP contribution in [0.25, 0.3) is 0 Å². The van der Waals surface area contributed by atoms with E-state index in [0.717, 1.165) is 12.8 Å². The van der Waals surface area contributed by atoms with Crippen molar-refractivity contribution in [3.8, 4) is 0 Å². The van der Waals surface area contributed by atoms with Crippen molar-refractivity contribution in [2.45, 2.75) is 89.9 Å². The largest absolute Gasteiger partial charge is 0.481 e. The van der Waals surface area contributed by atoms with Gasteiger partial charge in [0.15, 0.2) is 17.1 Å². The highest BCUT2D eigenvalue weighted by Crippen LogP contribution is 2.67. The highest BCUT2D eigenvalue weighted by atomic mass is 35.5.